The first-order chi connectivity index (χ1) is 9.25. The van der Waals surface area contributed by atoms with E-state index in [0.29, 0.717) is 5.84 Å². The predicted molar refractivity (Wildman–Crippen MR) is 79.8 cm³/mol. The number of hydrogen-bond donors (Lipinski definition) is 2. The highest BCUT2D eigenvalue weighted by Gasteiger charge is 2.44. The van der Waals surface area contributed by atoms with Crippen LogP contribution in [0.1, 0.15) is 18.4 Å². The Morgan fingerprint density at radius 2 is 1.95 bits per heavy atom. The molecule has 2 N–H and O–H groups in total. The molecule has 0 radical (unpaired) electrons. The molecule has 2 aliphatic rings. The van der Waals surface area contributed by atoms with E-state index in [-0.39, 0.29) is 18.3 Å². The Balaban J connectivity index is 0.00000147. The molecule has 0 aliphatic carbocycles. The van der Waals surface area contributed by atoms with Gasteiger partial charge in [0.25, 0.3) is 5.91 Å². The first-order valence-corrected chi connectivity index (χ1v) is 6.51. The van der Waals surface area contributed by atoms with E-state index in [9.17, 15) is 4.79 Å². The second-order valence-electron chi connectivity index (χ2n) is 4.90. The number of amides is 1. The quantitative estimate of drug-likeness (QED) is 0.859. The van der Waals surface area contributed by atoms with E-state index in [4.69, 9.17) is 4.74 Å². The molecule has 6 heteroatoms. The van der Waals surface area contributed by atoms with Crippen molar-refractivity contribution in [3.05, 3.63) is 29.8 Å². The summed E-state index contributed by atoms with van der Waals surface area (Å²) in [5.41, 5.74) is 0.260. The van der Waals surface area contributed by atoms with Crippen molar-refractivity contribution in [3.63, 3.8) is 0 Å². The van der Waals surface area contributed by atoms with Gasteiger partial charge >= 0.3 is 0 Å². The number of nitrogens with zero attached hydrogens (tertiary/aromatic N) is 1. The molecule has 1 aromatic carbocycles. The molecule has 0 unspecified atom stereocenters. The van der Waals surface area contributed by atoms with Gasteiger partial charge in [-0.2, -0.15) is 0 Å². The van der Waals surface area contributed by atoms with Gasteiger partial charge in [-0.3, -0.25) is 9.79 Å². The number of amidine groups is 1. The van der Waals surface area contributed by atoms with Crippen molar-refractivity contribution in [3.8, 4) is 5.75 Å². The molecule has 1 saturated heterocycles. The highest BCUT2D eigenvalue weighted by atomic mass is 35.5. The molecular formula is C14H18ClN3O2. The van der Waals surface area contributed by atoms with Gasteiger partial charge in [0.1, 0.15) is 17.1 Å². The van der Waals surface area contributed by atoms with Crippen molar-refractivity contribution in [2.45, 2.75) is 18.4 Å². The molecule has 20 heavy (non-hydrogen) atoms. The largest absolute Gasteiger partial charge is 0.496 e. The van der Waals surface area contributed by atoms with Crippen LogP contribution in [0.25, 0.3) is 0 Å². The third-order valence-corrected chi connectivity index (χ3v) is 3.77. The molecular weight excluding hydrogens is 278 g/mol. The van der Waals surface area contributed by atoms with Crippen LogP contribution in [0.5, 0.6) is 5.75 Å². The zero-order valence-electron chi connectivity index (χ0n) is 11.3. The van der Waals surface area contributed by atoms with E-state index < -0.39 is 5.54 Å². The summed E-state index contributed by atoms with van der Waals surface area (Å²) in [4.78, 5) is 16.9. The lowest BCUT2D eigenvalue weighted by Gasteiger charge is -2.28. The van der Waals surface area contributed by atoms with E-state index >= 15 is 0 Å². The van der Waals surface area contributed by atoms with Gasteiger partial charge in [0.2, 0.25) is 0 Å². The van der Waals surface area contributed by atoms with E-state index in [1.54, 1.807) is 7.11 Å². The third-order valence-electron chi connectivity index (χ3n) is 3.77. The van der Waals surface area contributed by atoms with Crippen LogP contribution in [0.4, 0.5) is 0 Å². The Bertz CT molecular complexity index is 539. The van der Waals surface area contributed by atoms with Gasteiger partial charge in [-0.15, -0.1) is 12.4 Å². The maximum atomic E-state index is 12.2. The lowest BCUT2D eigenvalue weighted by Crippen LogP contribution is -2.47. The molecule has 108 valence electrons. The molecule has 2 heterocycles. The molecule has 1 fully saturated rings. The number of carbonyl (C=O) groups is 1. The average Bonchev–Trinajstić information content (AvgIpc) is 2.76. The van der Waals surface area contributed by atoms with Crippen molar-refractivity contribution in [1.82, 2.24) is 10.6 Å². The summed E-state index contributed by atoms with van der Waals surface area (Å²) < 4.78 is 5.32. The minimum Gasteiger partial charge on any atom is -0.496 e. The first-order valence-electron chi connectivity index (χ1n) is 6.51. The minimum absolute atomic E-state index is 0. The minimum atomic E-state index is -0.582. The Morgan fingerprint density at radius 3 is 2.65 bits per heavy atom. The Hall–Kier alpha value is -1.59. The highest BCUT2D eigenvalue weighted by Crippen LogP contribution is 2.30. The number of benzene rings is 1. The molecule has 0 saturated carbocycles. The summed E-state index contributed by atoms with van der Waals surface area (Å²) in [6, 6.07) is 7.61. The van der Waals surface area contributed by atoms with E-state index in [0.717, 1.165) is 37.2 Å². The topological polar surface area (TPSA) is 62.7 Å². The number of piperidine rings is 1. The third kappa shape index (κ3) is 2.39. The van der Waals surface area contributed by atoms with Crippen LogP contribution in [-0.4, -0.2) is 37.5 Å². The van der Waals surface area contributed by atoms with Crippen molar-refractivity contribution in [2.75, 3.05) is 20.2 Å². The molecule has 0 atom stereocenters. The summed E-state index contributed by atoms with van der Waals surface area (Å²) in [5, 5.41) is 6.17. The molecule has 2 aliphatic heterocycles. The van der Waals surface area contributed by atoms with Crippen LogP contribution in [0, 0.1) is 0 Å². The summed E-state index contributed by atoms with van der Waals surface area (Å²) in [5.74, 6) is 1.37. The normalized spacial score (nSPS) is 20.1. The van der Waals surface area contributed by atoms with E-state index in [1.807, 2.05) is 24.3 Å². The zero-order valence-corrected chi connectivity index (χ0v) is 12.1. The van der Waals surface area contributed by atoms with Crippen molar-refractivity contribution < 1.29 is 9.53 Å². The number of halogens is 1. The average molecular weight is 296 g/mol. The number of ether oxygens (including phenoxy) is 1. The van der Waals surface area contributed by atoms with Crippen LogP contribution in [0.2, 0.25) is 0 Å². The van der Waals surface area contributed by atoms with E-state index in [1.165, 1.54) is 0 Å². The molecule has 3 rings (SSSR count). The Kier molecular flexibility index (Phi) is 4.30. The Morgan fingerprint density at radius 1 is 1.25 bits per heavy atom. The van der Waals surface area contributed by atoms with Gasteiger partial charge < -0.3 is 15.4 Å². The predicted octanol–water partition coefficient (Wildman–Crippen LogP) is 1.12. The number of nitrogens with one attached hydrogen (secondary N) is 2. The molecule has 0 aromatic heterocycles. The highest BCUT2D eigenvalue weighted by molar-refractivity contribution is 6.16. The van der Waals surface area contributed by atoms with Gasteiger partial charge in [-0.25, -0.2) is 0 Å². The van der Waals surface area contributed by atoms with Crippen molar-refractivity contribution >= 4 is 24.1 Å². The number of hydrogen-bond acceptors (Lipinski definition) is 4. The molecule has 1 aromatic rings. The number of para-hydroxylation sites is 1. The van der Waals surface area contributed by atoms with Gasteiger partial charge in [0.15, 0.2) is 0 Å². The smallest absolute Gasteiger partial charge is 0.253 e. The van der Waals surface area contributed by atoms with Crippen LogP contribution in [-0.2, 0) is 4.79 Å². The van der Waals surface area contributed by atoms with Gasteiger partial charge in [-0.05, 0) is 38.1 Å². The molecule has 1 amide bonds. The fourth-order valence-electron chi connectivity index (χ4n) is 2.66. The summed E-state index contributed by atoms with van der Waals surface area (Å²) >= 11 is 0. The van der Waals surface area contributed by atoms with Crippen LogP contribution < -0.4 is 15.4 Å². The molecule has 5 nitrogen and oxygen atoms in total. The monoisotopic (exact) mass is 295 g/mol. The van der Waals surface area contributed by atoms with Crippen LogP contribution in [0.3, 0.4) is 0 Å². The van der Waals surface area contributed by atoms with E-state index in [2.05, 4.69) is 15.6 Å². The van der Waals surface area contributed by atoms with Gasteiger partial charge in [0, 0.05) is 0 Å². The number of rotatable bonds is 2. The second-order valence-corrected chi connectivity index (χ2v) is 4.90. The number of methoxy groups -OCH3 is 1. The van der Waals surface area contributed by atoms with Gasteiger partial charge in [0.05, 0.1) is 12.7 Å². The summed E-state index contributed by atoms with van der Waals surface area (Å²) in [6.07, 6.45) is 1.50. The van der Waals surface area contributed by atoms with Crippen molar-refractivity contribution in [1.29, 1.82) is 0 Å². The second kappa shape index (κ2) is 5.81. The maximum absolute atomic E-state index is 12.2. The summed E-state index contributed by atoms with van der Waals surface area (Å²) in [6.45, 7) is 1.66. The SMILES string of the molecule is COc1ccccc1C1=NC2(CCNCC2)C(=O)N1.Cl. The van der Waals surface area contributed by atoms with Crippen LogP contribution in [0.15, 0.2) is 29.3 Å². The maximum Gasteiger partial charge on any atom is 0.253 e. The lowest BCUT2D eigenvalue weighted by molar-refractivity contribution is -0.124. The molecule has 0 bridgehead atoms. The fraction of sp³-hybridized carbons (Fsp3) is 0.429. The molecule has 1 spiro atoms. The number of aliphatic imine (C=N–C) groups is 1. The van der Waals surface area contributed by atoms with Crippen LogP contribution >= 0.6 is 12.4 Å². The fourth-order valence-corrected chi connectivity index (χ4v) is 2.66. The number of carbonyl (C=O) groups excluding carboxylic acids is 1. The Labute approximate surface area is 124 Å². The van der Waals surface area contributed by atoms with Crippen molar-refractivity contribution in [2.24, 2.45) is 4.99 Å². The summed E-state index contributed by atoms with van der Waals surface area (Å²) in [7, 11) is 1.62. The first kappa shape index (κ1) is 14.8. The van der Waals surface area contributed by atoms with Gasteiger partial charge in [-0.1, -0.05) is 12.1 Å². The lowest BCUT2D eigenvalue weighted by atomic mass is 9.89. The zero-order chi connectivity index (χ0) is 13.3. The standard InChI is InChI=1S/C14H17N3O2.ClH/c1-19-11-5-3-2-4-10(11)12-16-13(18)14(17-12)6-8-15-9-7-14;/h2-5,15H,6-9H2,1H3,(H,16,17,18);1H.